The number of carbonyl (C=O) groups is 1. The van der Waals surface area contributed by atoms with Crippen LogP contribution < -0.4 is 0 Å². The second kappa shape index (κ2) is 5.01. The first-order valence-electron chi connectivity index (χ1n) is 5.03. The fourth-order valence-electron chi connectivity index (χ4n) is 1.87. The molecule has 1 rings (SSSR count). The van der Waals surface area contributed by atoms with Crippen LogP contribution in [0.1, 0.15) is 6.92 Å². The Labute approximate surface area is 91.6 Å². The SMILES string of the molecule is C[C@@H]1CN(CC(=O)O)CCN1CC(F)(F)F. The second-order valence-corrected chi connectivity index (χ2v) is 4.06. The van der Waals surface area contributed by atoms with Crippen LogP contribution in [0.2, 0.25) is 0 Å². The number of carboxylic acids is 1. The highest BCUT2D eigenvalue weighted by Crippen LogP contribution is 2.19. The molecule has 0 bridgehead atoms. The maximum Gasteiger partial charge on any atom is 0.401 e. The van der Waals surface area contributed by atoms with E-state index < -0.39 is 18.7 Å². The number of carboxylic acid groups (broad SMARTS) is 1. The van der Waals surface area contributed by atoms with Crippen molar-refractivity contribution in [3.05, 3.63) is 0 Å². The van der Waals surface area contributed by atoms with Gasteiger partial charge in [-0.25, -0.2) is 0 Å². The summed E-state index contributed by atoms with van der Waals surface area (Å²) in [7, 11) is 0. The number of alkyl halides is 3. The van der Waals surface area contributed by atoms with Gasteiger partial charge < -0.3 is 5.11 Å². The van der Waals surface area contributed by atoms with E-state index in [0.717, 1.165) is 0 Å². The number of halogens is 3. The molecular weight excluding hydrogens is 225 g/mol. The van der Waals surface area contributed by atoms with Gasteiger partial charge in [-0.3, -0.25) is 14.6 Å². The lowest BCUT2D eigenvalue weighted by Gasteiger charge is -2.39. The zero-order valence-electron chi connectivity index (χ0n) is 9.00. The van der Waals surface area contributed by atoms with E-state index in [1.807, 2.05) is 0 Å². The number of hydrogen-bond acceptors (Lipinski definition) is 3. The molecule has 1 fully saturated rings. The Morgan fingerprint density at radius 1 is 1.44 bits per heavy atom. The standard InChI is InChI=1S/C9H15F3N2O2/c1-7-4-13(5-8(15)16)2-3-14(7)6-9(10,11)12/h7H,2-6H2,1H3,(H,15,16)/t7-/m1/s1. The zero-order chi connectivity index (χ0) is 12.3. The third-order valence-corrected chi connectivity index (χ3v) is 2.59. The van der Waals surface area contributed by atoms with Crippen LogP contribution in [0.15, 0.2) is 0 Å². The molecule has 1 aliphatic heterocycles. The van der Waals surface area contributed by atoms with Crippen molar-refractivity contribution in [3.8, 4) is 0 Å². The Kier molecular flexibility index (Phi) is 4.15. The van der Waals surface area contributed by atoms with Crippen LogP contribution in [0.25, 0.3) is 0 Å². The van der Waals surface area contributed by atoms with Gasteiger partial charge in [0.2, 0.25) is 0 Å². The minimum absolute atomic E-state index is 0.107. The summed E-state index contributed by atoms with van der Waals surface area (Å²) >= 11 is 0. The topological polar surface area (TPSA) is 43.8 Å². The fourth-order valence-corrected chi connectivity index (χ4v) is 1.87. The van der Waals surface area contributed by atoms with Crippen molar-refractivity contribution in [2.24, 2.45) is 0 Å². The predicted octanol–water partition coefficient (Wildman–Crippen LogP) is 0.639. The average Bonchev–Trinajstić information content (AvgIpc) is 2.06. The summed E-state index contributed by atoms with van der Waals surface area (Å²) in [4.78, 5) is 13.4. The quantitative estimate of drug-likeness (QED) is 0.786. The molecule has 1 N–H and O–H groups in total. The molecule has 0 aliphatic carbocycles. The third kappa shape index (κ3) is 4.36. The Balaban J connectivity index is 2.43. The fraction of sp³-hybridized carbons (Fsp3) is 0.889. The highest BCUT2D eigenvalue weighted by atomic mass is 19.4. The highest BCUT2D eigenvalue weighted by Gasteiger charge is 2.35. The first kappa shape index (κ1) is 13.2. The Bertz CT molecular complexity index is 258. The molecule has 1 saturated heterocycles. The van der Waals surface area contributed by atoms with Crippen LogP contribution in [-0.2, 0) is 4.79 Å². The first-order valence-corrected chi connectivity index (χ1v) is 5.03. The molecule has 0 aromatic rings. The van der Waals surface area contributed by atoms with E-state index in [9.17, 15) is 18.0 Å². The molecule has 0 saturated carbocycles. The minimum Gasteiger partial charge on any atom is -0.480 e. The maximum atomic E-state index is 12.2. The molecule has 1 aliphatic rings. The van der Waals surface area contributed by atoms with Gasteiger partial charge >= 0.3 is 12.1 Å². The lowest BCUT2D eigenvalue weighted by atomic mass is 10.2. The molecule has 94 valence electrons. The number of piperazine rings is 1. The molecule has 1 heterocycles. The van der Waals surface area contributed by atoms with Crippen LogP contribution in [0.3, 0.4) is 0 Å². The molecule has 7 heteroatoms. The van der Waals surface area contributed by atoms with Crippen molar-refractivity contribution in [1.82, 2.24) is 9.80 Å². The van der Waals surface area contributed by atoms with Crippen LogP contribution in [0, 0.1) is 0 Å². The van der Waals surface area contributed by atoms with Gasteiger partial charge in [0, 0.05) is 25.7 Å². The molecular formula is C9H15F3N2O2. The molecule has 0 unspecified atom stereocenters. The van der Waals surface area contributed by atoms with Crippen LogP contribution in [0.5, 0.6) is 0 Å². The lowest BCUT2D eigenvalue weighted by Crippen LogP contribution is -2.55. The summed E-state index contributed by atoms with van der Waals surface area (Å²) < 4.78 is 36.5. The van der Waals surface area contributed by atoms with E-state index >= 15 is 0 Å². The predicted molar refractivity (Wildman–Crippen MR) is 51.2 cm³/mol. The average molecular weight is 240 g/mol. The van der Waals surface area contributed by atoms with Gasteiger partial charge in [0.1, 0.15) is 0 Å². The zero-order valence-corrected chi connectivity index (χ0v) is 9.00. The summed E-state index contributed by atoms with van der Waals surface area (Å²) in [6.45, 7) is 1.64. The summed E-state index contributed by atoms with van der Waals surface area (Å²) in [6, 6.07) is -0.269. The van der Waals surface area contributed by atoms with Gasteiger partial charge in [0.15, 0.2) is 0 Å². The summed E-state index contributed by atoms with van der Waals surface area (Å²) in [6.07, 6.45) is -4.19. The molecule has 0 amide bonds. The third-order valence-electron chi connectivity index (χ3n) is 2.59. The lowest BCUT2D eigenvalue weighted by molar-refractivity contribution is -0.156. The molecule has 0 aromatic carbocycles. The van der Waals surface area contributed by atoms with Gasteiger partial charge in [0.05, 0.1) is 13.1 Å². The van der Waals surface area contributed by atoms with E-state index in [1.165, 1.54) is 4.90 Å². The highest BCUT2D eigenvalue weighted by molar-refractivity contribution is 5.69. The molecule has 0 aromatic heterocycles. The van der Waals surface area contributed by atoms with Gasteiger partial charge in [-0.05, 0) is 6.92 Å². The normalized spacial score (nSPS) is 24.6. The molecule has 1 atom stereocenters. The Hall–Kier alpha value is -0.820. The van der Waals surface area contributed by atoms with E-state index in [4.69, 9.17) is 5.11 Å². The van der Waals surface area contributed by atoms with Crippen LogP contribution in [-0.4, -0.2) is 65.8 Å². The van der Waals surface area contributed by atoms with Gasteiger partial charge in [0.25, 0.3) is 0 Å². The van der Waals surface area contributed by atoms with Crippen LogP contribution >= 0.6 is 0 Å². The number of nitrogens with zero attached hydrogens (tertiary/aromatic N) is 2. The van der Waals surface area contributed by atoms with Crippen molar-refractivity contribution < 1.29 is 23.1 Å². The second-order valence-electron chi connectivity index (χ2n) is 4.06. The molecule has 16 heavy (non-hydrogen) atoms. The number of aliphatic carboxylic acids is 1. The van der Waals surface area contributed by atoms with E-state index in [2.05, 4.69) is 0 Å². The summed E-state index contributed by atoms with van der Waals surface area (Å²) in [5, 5.41) is 8.57. The molecule has 4 nitrogen and oxygen atoms in total. The van der Waals surface area contributed by atoms with Gasteiger partial charge in [-0.15, -0.1) is 0 Å². The van der Waals surface area contributed by atoms with E-state index in [0.29, 0.717) is 13.1 Å². The Morgan fingerprint density at radius 3 is 2.50 bits per heavy atom. The summed E-state index contributed by atoms with van der Waals surface area (Å²) in [5.41, 5.74) is 0. The molecule has 0 spiro atoms. The summed E-state index contributed by atoms with van der Waals surface area (Å²) in [5.74, 6) is -0.948. The largest absolute Gasteiger partial charge is 0.480 e. The van der Waals surface area contributed by atoms with Gasteiger partial charge in [-0.1, -0.05) is 0 Å². The van der Waals surface area contributed by atoms with Crippen molar-refractivity contribution >= 4 is 5.97 Å². The maximum absolute atomic E-state index is 12.2. The van der Waals surface area contributed by atoms with Crippen molar-refractivity contribution in [3.63, 3.8) is 0 Å². The van der Waals surface area contributed by atoms with Crippen LogP contribution in [0.4, 0.5) is 13.2 Å². The first-order chi connectivity index (χ1) is 7.28. The Morgan fingerprint density at radius 2 is 2.06 bits per heavy atom. The number of hydrogen-bond donors (Lipinski definition) is 1. The number of rotatable bonds is 3. The van der Waals surface area contributed by atoms with E-state index in [1.54, 1.807) is 11.8 Å². The van der Waals surface area contributed by atoms with Crippen molar-refractivity contribution in [2.75, 3.05) is 32.7 Å². The van der Waals surface area contributed by atoms with Crippen molar-refractivity contribution in [2.45, 2.75) is 19.1 Å². The van der Waals surface area contributed by atoms with Gasteiger partial charge in [-0.2, -0.15) is 13.2 Å². The minimum atomic E-state index is -4.19. The monoisotopic (exact) mass is 240 g/mol. The van der Waals surface area contributed by atoms with E-state index in [-0.39, 0.29) is 19.1 Å². The van der Waals surface area contributed by atoms with Crippen molar-refractivity contribution in [1.29, 1.82) is 0 Å². The molecule has 0 radical (unpaired) electrons. The smallest absolute Gasteiger partial charge is 0.401 e.